The molecule has 0 bridgehead atoms. The highest BCUT2D eigenvalue weighted by Gasteiger charge is 2.29. The van der Waals surface area contributed by atoms with Crippen LogP contribution in [0.2, 0.25) is 0 Å². The molecule has 33 heavy (non-hydrogen) atoms. The topological polar surface area (TPSA) is 108 Å². The van der Waals surface area contributed by atoms with Crippen molar-refractivity contribution >= 4 is 27.8 Å². The number of likely N-dealkylation sites (N-methyl/N-ethyl adjacent to an activating group) is 1. The summed E-state index contributed by atoms with van der Waals surface area (Å²) in [7, 11) is -0.815. The highest BCUT2D eigenvalue weighted by Crippen LogP contribution is 2.19. The smallest absolute Gasteiger partial charge is 0.330 e. The van der Waals surface area contributed by atoms with Gasteiger partial charge < -0.3 is 15.0 Å². The largest absolute Gasteiger partial charge is 0.497 e. The van der Waals surface area contributed by atoms with Gasteiger partial charge in [-0.2, -0.15) is 12.7 Å². The fourth-order valence-electron chi connectivity index (χ4n) is 3.69. The normalized spacial score (nSPS) is 15.3. The minimum atomic E-state index is -3.97. The van der Waals surface area contributed by atoms with Gasteiger partial charge in [0.25, 0.3) is 0 Å². The molecule has 2 aromatic carbocycles. The van der Waals surface area contributed by atoms with Crippen LogP contribution in [-0.2, 0) is 21.4 Å². The van der Waals surface area contributed by atoms with Crippen molar-refractivity contribution in [3.8, 4) is 5.75 Å². The van der Waals surface area contributed by atoms with Crippen molar-refractivity contribution in [2.45, 2.75) is 31.7 Å². The van der Waals surface area contributed by atoms with Crippen molar-refractivity contribution in [1.82, 2.24) is 14.3 Å². The number of hydrogen-bond donors (Lipinski definition) is 2. The van der Waals surface area contributed by atoms with Crippen LogP contribution in [0.5, 0.6) is 5.75 Å². The average Bonchev–Trinajstić information content (AvgIpc) is 2.83. The van der Waals surface area contributed by atoms with Crippen molar-refractivity contribution in [2.75, 3.05) is 32.1 Å². The lowest BCUT2D eigenvalue weighted by atomic mass is 10.0. The molecular weight excluding hydrogens is 444 g/mol. The number of rotatable bonds is 8. The van der Waals surface area contributed by atoms with Crippen LogP contribution in [0.15, 0.2) is 54.6 Å². The third-order valence-corrected chi connectivity index (χ3v) is 7.04. The fraction of sp³-hybridized carbons (Fsp3) is 0.391. The Morgan fingerprint density at radius 1 is 1.03 bits per heavy atom. The van der Waals surface area contributed by atoms with E-state index in [9.17, 15) is 18.0 Å². The second-order valence-corrected chi connectivity index (χ2v) is 9.55. The second-order valence-electron chi connectivity index (χ2n) is 7.88. The molecular formula is C23H30N4O5S. The number of anilines is 1. The Balaban J connectivity index is 1.75. The van der Waals surface area contributed by atoms with Crippen LogP contribution in [0, 0.1) is 0 Å². The van der Waals surface area contributed by atoms with Crippen molar-refractivity contribution in [1.29, 1.82) is 0 Å². The first kappa shape index (κ1) is 24.5. The monoisotopic (exact) mass is 474 g/mol. The fourth-order valence-corrected chi connectivity index (χ4v) is 4.85. The van der Waals surface area contributed by atoms with E-state index in [1.165, 1.54) is 9.21 Å². The number of urea groups is 1. The van der Waals surface area contributed by atoms with E-state index in [2.05, 4.69) is 10.0 Å². The van der Waals surface area contributed by atoms with Crippen LogP contribution in [0.3, 0.4) is 0 Å². The molecule has 1 fully saturated rings. The van der Waals surface area contributed by atoms with E-state index in [4.69, 9.17) is 4.74 Å². The molecule has 1 aliphatic heterocycles. The van der Waals surface area contributed by atoms with Crippen LogP contribution in [-0.4, -0.2) is 58.0 Å². The molecule has 0 radical (unpaired) electrons. The van der Waals surface area contributed by atoms with Crippen LogP contribution < -0.4 is 19.7 Å². The standard InChI is InChI=1S/C23H30N4O5S/c1-26(19-11-13-20(32-2)14-12-19)22(28)21(17-18-9-5-3-6-10-18)24-23(29)25-33(30,31)27-15-7-4-8-16-27/h3,5-6,9-14,21H,4,7-8,15-17H2,1-2H3,(H2,24,25,29)/t21-/m0/s1. The second kappa shape index (κ2) is 11.2. The van der Waals surface area contributed by atoms with Gasteiger partial charge in [-0.1, -0.05) is 36.8 Å². The number of ether oxygens (including phenoxy) is 1. The Labute approximate surface area is 194 Å². The van der Waals surface area contributed by atoms with Crippen LogP contribution >= 0.6 is 0 Å². The molecule has 3 amide bonds. The maximum absolute atomic E-state index is 13.3. The van der Waals surface area contributed by atoms with Gasteiger partial charge in [0.15, 0.2) is 0 Å². The Bertz CT molecular complexity index is 1040. The summed E-state index contributed by atoms with van der Waals surface area (Å²) < 4.78 is 33.6. The zero-order chi connectivity index (χ0) is 23.8. The number of carbonyl (C=O) groups excluding carboxylic acids is 2. The number of piperidine rings is 1. The van der Waals surface area contributed by atoms with Crippen molar-refractivity contribution in [2.24, 2.45) is 0 Å². The van der Waals surface area contributed by atoms with Crippen LogP contribution in [0.25, 0.3) is 0 Å². The van der Waals surface area contributed by atoms with Gasteiger partial charge in [-0.25, -0.2) is 9.52 Å². The average molecular weight is 475 g/mol. The lowest BCUT2D eigenvalue weighted by Gasteiger charge is -2.27. The maximum atomic E-state index is 13.3. The Kier molecular flexibility index (Phi) is 8.29. The summed E-state index contributed by atoms with van der Waals surface area (Å²) in [4.78, 5) is 27.4. The van der Waals surface area contributed by atoms with Gasteiger partial charge in [-0.15, -0.1) is 0 Å². The summed E-state index contributed by atoms with van der Waals surface area (Å²) in [5.74, 6) is 0.274. The summed E-state index contributed by atoms with van der Waals surface area (Å²) in [6, 6.07) is 14.2. The zero-order valence-electron chi connectivity index (χ0n) is 18.9. The molecule has 1 saturated heterocycles. The van der Waals surface area contributed by atoms with Gasteiger partial charge in [0.05, 0.1) is 7.11 Å². The Morgan fingerprint density at radius 2 is 1.67 bits per heavy atom. The third-order valence-electron chi connectivity index (χ3n) is 5.55. The highest BCUT2D eigenvalue weighted by atomic mass is 32.2. The van der Waals surface area contributed by atoms with Gasteiger partial charge in [0.1, 0.15) is 11.8 Å². The SMILES string of the molecule is COc1ccc(N(C)C(=O)[C@H](Cc2ccccc2)NC(=O)NS(=O)(=O)N2CCCCC2)cc1. The lowest BCUT2D eigenvalue weighted by Crippen LogP contribution is -2.55. The van der Waals surface area contributed by atoms with Gasteiger partial charge in [-0.05, 0) is 42.7 Å². The molecule has 2 aromatic rings. The predicted molar refractivity (Wildman–Crippen MR) is 126 cm³/mol. The summed E-state index contributed by atoms with van der Waals surface area (Å²) in [5, 5.41) is 2.56. The quantitative estimate of drug-likeness (QED) is 0.610. The molecule has 10 heteroatoms. The van der Waals surface area contributed by atoms with E-state index >= 15 is 0 Å². The molecule has 0 aromatic heterocycles. The van der Waals surface area contributed by atoms with Gasteiger partial charge in [0.2, 0.25) is 5.91 Å². The van der Waals surface area contributed by atoms with E-state index in [1.807, 2.05) is 30.3 Å². The van der Waals surface area contributed by atoms with Gasteiger partial charge >= 0.3 is 16.2 Å². The molecule has 1 atom stereocenters. The Hall–Kier alpha value is -3.11. The summed E-state index contributed by atoms with van der Waals surface area (Å²) in [6.07, 6.45) is 2.68. The van der Waals surface area contributed by atoms with E-state index in [-0.39, 0.29) is 12.3 Å². The van der Waals surface area contributed by atoms with E-state index in [1.54, 1.807) is 38.4 Å². The minimum absolute atomic E-state index is 0.206. The van der Waals surface area contributed by atoms with Crippen molar-refractivity contribution < 1.29 is 22.7 Å². The molecule has 9 nitrogen and oxygen atoms in total. The number of nitrogens with zero attached hydrogens (tertiary/aromatic N) is 2. The predicted octanol–water partition coefficient (Wildman–Crippen LogP) is 2.30. The van der Waals surface area contributed by atoms with Crippen LogP contribution in [0.4, 0.5) is 10.5 Å². The number of benzene rings is 2. The lowest BCUT2D eigenvalue weighted by molar-refractivity contribution is -0.120. The third kappa shape index (κ3) is 6.69. The number of amides is 3. The first-order valence-electron chi connectivity index (χ1n) is 10.8. The van der Waals surface area contributed by atoms with E-state index < -0.39 is 22.3 Å². The molecule has 0 aliphatic carbocycles. The molecule has 0 spiro atoms. The number of carbonyl (C=O) groups is 2. The first-order chi connectivity index (χ1) is 15.8. The molecule has 0 saturated carbocycles. The van der Waals surface area contributed by atoms with E-state index in [0.717, 1.165) is 24.8 Å². The Morgan fingerprint density at radius 3 is 2.27 bits per heavy atom. The highest BCUT2D eigenvalue weighted by molar-refractivity contribution is 7.87. The molecule has 1 aliphatic rings. The molecule has 1 heterocycles. The van der Waals surface area contributed by atoms with Crippen molar-refractivity contribution in [3.05, 3.63) is 60.2 Å². The molecule has 2 N–H and O–H groups in total. The van der Waals surface area contributed by atoms with Gasteiger partial charge in [0, 0.05) is 32.2 Å². The maximum Gasteiger partial charge on any atom is 0.330 e. The summed E-state index contributed by atoms with van der Waals surface area (Å²) in [5.41, 5.74) is 1.44. The summed E-state index contributed by atoms with van der Waals surface area (Å²) >= 11 is 0. The van der Waals surface area contributed by atoms with Gasteiger partial charge in [-0.3, -0.25) is 4.79 Å². The molecule has 3 rings (SSSR count). The van der Waals surface area contributed by atoms with Crippen LogP contribution in [0.1, 0.15) is 24.8 Å². The summed E-state index contributed by atoms with van der Waals surface area (Å²) in [6.45, 7) is 0.740. The van der Waals surface area contributed by atoms with E-state index in [0.29, 0.717) is 24.5 Å². The first-order valence-corrected chi connectivity index (χ1v) is 12.3. The number of nitrogens with one attached hydrogen (secondary N) is 2. The molecule has 178 valence electrons. The number of hydrogen-bond acceptors (Lipinski definition) is 5. The number of methoxy groups -OCH3 is 1. The minimum Gasteiger partial charge on any atom is -0.497 e. The molecule has 0 unspecified atom stereocenters. The van der Waals surface area contributed by atoms with Crippen molar-refractivity contribution in [3.63, 3.8) is 0 Å². The zero-order valence-corrected chi connectivity index (χ0v) is 19.7.